The first-order valence-corrected chi connectivity index (χ1v) is 9.30. The van der Waals surface area contributed by atoms with Gasteiger partial charge in [-0.3, -0.25) is 4.90 Å². The van der Waals surface area contributed by atoms with E-state index in [9.17, 15) is 8.42 Å². The minimum atomic E-state index is -3.42. The van der Waals surface area contributed by atoms with Crippen LogP contribution in [0.4, 0.5) is 0 Å². The summed E-state index contributed by atoms with van der Waals surface area (Å²) in [5, 5.41) is 0.456. The van der Waals surface area contributed by atoms with Crippen LogP contribution in [0.15, 0.2) is 29.2 Å². The molecule has 1 saturated carbocycles. The van der Waals surface area contributed by atoms with Gasteiger partial charge in [-0.1, -0.05) is 17.7 Å². The zero-order valence-corrected chi connectivity index (χ0v) is 13.8. The second-order valence-corrected chi connectivity index (χ2v) is 8.35. The van der Waals surface area contributed by atoms with Crippen LogP contribution in [0.5, 0.6) is 0 Å². The van der Waals surface area contributed by atoms with E-state index in [-0.39, 0.29) is 0 Å². The molecule has 2 aliphatic rings. The van der Waals surface area contributed by atoms with Gasteiger partial charge < -0.3 is 0 Å². The fraction of sp³-hybridized carbons (Fsp3) is 0.600. The maximum atomic E-state index is 12.6. The third kappa shape index (κ3) is 3.26. The minimum absolute atomic E-state index is 0.290. The monoisotopic (exact) mass is 328 g/mol. The highest BCUT2D eigenvalue weighted by molar-refractivity contribution is 7.89. The van der Waals surface area contributed by atoms with Crippen LogP contribution in [0.3, 0.4) is 0 Å². The lowest BCUT2D eigenvalue weighted by Gasteiger charge is -2.37. The van der Waals surface area contributed by atoms with Crippen molar-refractivity contribution in [1.82, 2.24) is 9.21 Å². The van der Waals surface area contributed by atoms with Crippen LogP contribution < -0.4 is 0 Å². The minimum Gasteiger partial charge on any atom is -0.298 e. The van der Waals surface area contributed by atoms with Crippen LogP contribution in [-0.2, 0) is 10.0 Å². The summed E-state index contributed by atoms with van der Waals surface area (Å²) >= 11 is 5.91. The number of hydrogen-bond donors (Lipinski definition) is 0. The molecular weight excluding hydrogens is 308 g/mol. The van der Waals surface area contributed by atoms with E-state index >= 15 is 0 Å². The Balaban J connectivity index is 1.68. The molecule has 116 valence electrons. The molecule has 21 heavy (non-hydrogen) atoms. The van der Waals surface area contributed by atoms with Gasteiger partial charge >= 0.3 is 0 Å². The zero-order chi connectivity index (χ0) is 15.0. The van der Waals surface area contributed by atoms with Gasteiger partial charge in [-0.2, -0.15) is 4.31 Å². The lowest BCUT2D eigenvalue weighted by molar-refractivity contribution is 0.133. The highest BCUT2D eigenvalue weighted by Gasteiger charge is 2.35. The van der Waals surface area contributed by atoms with Crippen molar-refractivity contribution < 1.29 is 8.42 Å². The van der Waals surface area contributed by atoms with Crippen molar-refractivity contribution in [2.45, 2.75) is 30.7 Å². The molecule has 0 N–H and O–H groups in total. The van der Waals surface area contributed by atoms with E-state index in [0.717, 1.165) is 19.0 Å². The van der Waals surface area contributed by atoms with Crippen LogP contribution in [0.2, 0.25) is 5.02 Å². The zero-order valence-electron chi connectivity index (χ0n) is 12.2. The van der Waals surface area contributed by atoms with Gasteiger partial charge in [-0.05, 0) is 43.9 Å². The number of benzene rings is 1. The standard InChI is InChI=1S/C15H21ClN2O2S/c1-12(13-5-6-13)17-7-9-18(10-8-17)21(19,20)15-4-2-3-14(16)11-15/h2-4,11-13H,5-10H2,1H3. The van der Waals surface area contributed by atoms with Crippen molar-refractivity contribution in [2.75, 3.05) is 26.2 Å². The van der Waals surface area contributed by atoms with Crippen LogP contribution in [0, 0.1) is 5.92 Å². The van der Waals surface area contributed by atoms with Crippen LogP contribution >= 0.6 is 11.6 Å². The first-order valence-electron chi connectivity index (χ1n) is 7.48. The summed E-state index contributed by atoms with van der Waals surface area (Å²) in [6.07, 6.45) is 2.64. The summed E-state index contributed by atoms with van der Waals surface area (Å²) < 4.78 is 26.8. The van der Waals surface area contributed by atoms with Gasteiger partial charge in [0.2, 0.25) is 10.0 Å². The quantitative estimate of drug-likeness (QED) is 0.852. The molecule has 3 rings (SSSR count). The molecule has 1 aliphatic heterocycles. The van der Waals surface area contributed by atoms with E-state index in [1.165, 1.54) is 18.9 Å². The van der Waals surface area contributed by atoms with Crippen LogP contribution in [0.25, 0.3) is 0 Å². The van der Waals surface area contributed by atoms with Gasteiger partial charge in [0.05, 0.1) is 4.90 Å². The summed E-state index contributed by atoms with van der Waals surface area (Å²) in [6, 6.07) is 7.09. The molecule has 4 nitrogen and oxygen atoms in total. The Morgan fingerprint density at radius 2 is 1.86 bits per heavy atom. The van der Waals surface area contributed by atoms with Crippen LogP contribution in [-0.4, -0.2) is 49.8 Å². The van der Waals surface area contributed by atoms with Crippen molar-refractivity contribution in [3.05, 3.63) is 29.3 Å². The molecular formula is C15H21ClN2O2S. The highest BCUT2D eigenvalue weighted by Crippen LogP contribution is 2.35. The predicted molar refractivity (Wildman–Crippen MR) is 84.0 cm³/mol. The Morgan fingerprint density at radius 1 is 1.19 bits per heavy atom. The van der Waals surface area contributed by atoms with Gasteiger partial charge in [0.1, 0.15) is 0 Å². The Labute approximate surface area is 131 Å². The maximum Gasteiger partial charge on any atom is 0.243 e. The molecule has 6 heteroatoms. The smallest absolute Gasteiger partial charge is 0.243 e. The molecule has 0 radical (unpaired) electrons. The summed E-state index contributed by atoms with van der Waals surface area (Å²) in [7, 11) is -3.42. The fourth-order valence-electron chi connectivity index (χ4n) is 3.00. The average molecular weight is 329 g/mol. The first kappa shape index (κ1) is 15.3. The second kappa shape index (κ2) is 5.88. The Kier molecular flexibility index (Phi) is 4.28. The van der Waals surface area contributed by atoms with Crippen LogP contribution in [0.1, 0.15) is 19.8 Å². The van der Waals surface area contributed by atoms with E-state index in [2.05, 4.69) is 11.8 Å². The summed E-state index contributed by atoms with van der Waals surface area (Å²) in [5.41, 5.74) is 0. The molecule has 1 atom stereocenters. The highest BCUT2D eigenvalue weighted by atomic mass is 35.5. The molecule has 1 saturated heterocycles. The molecule has 1 aromatic carbocycles. The summed E-state index contributed by atoms with van der Waals surface area (Å²) in [6.45, 7) is 5.02. The number of sulfonamides is 1. The number of halogens is 1. The van der Waals surface area contributed by atoms with E-state index in [1.54, 1.807) is 22.5 Å². The molecule has 1 aliphatic carbocycles. The Morgan fingerprint density at radius 3 is 2.43 bits per heavy atom. The largest absolute Gasteiger partial charge is 0.298 e. The van der Waals surface area contributed by atoms with E-state index in [4.69, 9.17) is 11.6 Å². The number of piperazine rings is 1. The molecule has 1 heterocycles. The lowest BCUT2D eigenvalue weighted by Crippen LogP contribution is -2.51. The molecule has 2 fully saturated rings. The average Bonchev–Trinajstić information content (AvgIpc) is 3.31. The molecule has 1 aromatic rings. The molecule has 0 spiro atoms. The molecule has 0 bridgehead atoms. The topological polar surface area (TPSA) is 40.6 Å². The SMILES string of the molecule is CC(C1CC1)N1CCN(S(=O)(=O)c2cccc(Cl)c2)CC1. The van der Waals surface area contributed by atoms with Crippen molar-refractivity contribution >= 4 is 21.6 Å². The van der Waals surface area contributed by atoms with Gasteiger partial charge in [-0.15, -0.1) is 0 Å². The number of rotatable bonds is 4. The maximum absolute atomic E-state index is 12.6. The predicted octanol–water partition coefficient (Wildman–Crippen LogP) is 2.44. The first-order chi connectivity index (χ1) is 9.98. The van der Waals surface area contributed by atoms with Gasteiger partial charge in [-0.25, -0.2) is 8.42 Å². The Bertz CT molecular complexity index is 608. The normalized spacial score (nSPS) is 23.1. The lowest BCUT2D eigenvalue weighted by atomic mass is 10.1. The third-order valence-corrected chi connectivity index (χ3v) is 6.72. The number of nitrogens with zero attached hydrogens (tertiary/aromatic N) is 2. The molecule has 1 unspecified atom stereocenters. The summed E-state index contributed by atoms with van der Waals surface area (Å²) in [5.74, 6) is 0.820. The van der Waals surface area contributed by atoms with E-state index in [0.29, 0.717) is 29.0 Å². The van der Waals surface area contributed by atoms with Crippen molar-refractivity contribution in [1.29, 1.82) is 0 Å². The van der Waals surface area contributed by atoms with Crippen molar-refractivity contribution in [3.63, 3.8) is 0 Å². The molecule has 0 aromatic heterocycles. The van der Waals surface area contributed by atoms with Gasteiger partial charge in [0.25, 0.3) is 0 Å². The number of hydrogen-bond acceptors (Lipinski definition) is 3. The van der Waals surface area contributed by atoms with Gasteiger partial charge in [0.15, 0.2) is 0 Å². The van der Waals surface area contributed by atoms with Crippen molar-refractivity contribution in [2.24, 2.45) is 5.92 Å². The fourth-order valence-corrected chi connectivity index (χ4v) is 4.73. The third-order valence-electron chi connectivity index (χ3n) is 4.59. The second-order valence-electron chi connectivity index (χ2n) is 5.98. The van der Waals surface area contributed by atoms with Crippen molar-refractivity contribution in [3.8, 4) is 0 Å². The van der Waals surface area contributed by atoms with Gasteiger partial charge in [0, 0.05) is 37.2 Å². The molecule has 0 amide bonds. The Hall–Kier alpha value is -0.620. The van der Waals surface area contributed by atoms with E-state index < -0.39 is 10.0 Å². The summed E-state index contributed by atoms with van der Waals surface area (Å²) in [4.78, 5) is 2.71. The van der Waals surface area contributed by atoms with E-state index in [1.807, 2.05) is 0 Å².